The van der Waals surface area contributed by atoms with E-state index >= 15 is 0 Å². The topological polar surface area (TPSA) is 0 Å². The van der Waals surface area contributed by atoms with Crippen LogP contribution in [-0.4, -0.2) is 0 Å². The summed E-state index contributed by atoms with van der Waals surface area (Å²) in [5.74, 6) is 0. The molecule has 0 aromatic heterocycles. The fourth-order valence-electron chi connectivity index (χ4n) is 1.78. The van der Waals surface area contributed by atoms with Gasteiger partial charge in [0.1, 0.15) is 0 Å². The summed E-state index contributed by atoms with van der Waals surface area (Å²) < 4.78 is 0. The molecule has 0 bridgehead atoms. The molecule has 84 valence electrons. The van der Waals surface area contributed by atoms with E-state index in [1.165, 1.54) is 55.0 Å². The SMILES string of the molecule is CCCCc1ccc(CCCC)c(P)c1. The minimum atomic E-state index is 1.23. The number of benzene rings is 1. The molecule has 0 saturated carbocycles. The fourth-order valence-corrected chi connectivity index (χ4v) is 2.23. The lowest BCUT2D eigenvalue weighted by molar-refractivity contribution is 0.788. The predicted octanol–water partition coefficient (Wildman–Crippen LogP) is 3.87. The highest BCUT2D eigenvalue weighted by molar-refractivity contribution is 7.27. The van der Waals surface area contributed by atoms with Crippen molar-refractivity contribution in [1.82, 2.24) is 0 Å². The van der Waals surface area contributed by atoms with Crippen LogP contribution in [0.5, 0.6) is 0 Å². The van der Waals surface area contributed by atoms with E-state index in [1.807, 2.05) is 0 Å². The van der Waals surface area contributed by atoms with Gasteiger partial charge in [0.05, 0.1) is 0 Å². The Morgan fingerprint density at radius 1 is 1.00 bits per heavy atom. The molecule has 1 aromatic rings. The Hall–Kier alpha value is -0.350. The number of hydrogen-bond acceptors (Lipinski definition) is 0. The van der Waals surface area contributed by atoms with Crippen LogP contribution in [0.1, 0.15) is 50.7 Å². The van der Waals surface area contributed by atoms with Crippen molar-refractivity contribution in [1.29, 1.82) is 0 Å². The van der Waals surface area contributed by atoms with Crippen LogP contribution in [0.3, 0.4) is 0 Å². The Morgan fingerprint density at radius 3 is 2.27 bits per heavy atom. The van der Waals surface area contributed by atoms with E-state index in [0.29, 0.717) is 0 Å². The van der Waals surface area contributed by atoms with Crippen molar-refractivity contribution >= 4 is 14.5 Å². The summed E-state index contributed by atoms with van der Waals surface area (Å²) in [4.78, 5) is 0. The summed E-state index contributed by atoms with van der Waals surface area (Å²) in [6.07, 6.45) is 7.62. The minimum absolute atomic E-state index is 1.23. The highest BCUT2D eigenvalue weighted by atomic mass is 31.0. The van der Waals surface area contributed by atoms with Crippen molar-refractivity contribution < 1.29 is 0 Å². The molecular weight excluding hydrogens is 199 g/mol. The molecule has 0 N–H and O–H groups in total. The summed E-state index contributed by atoms with van der Waals surface area (Å²) in [6, 6.07) is 6.95. The lowest BCUT2D eigenvalue weighted by Crippen LogP contribution is -2.03. The second-order valence-electron chi connectivity index (χ2n) is 4.24. The third-order valence-corrected chi connectivity index (χ3v) is 3.37. The maximum atomic E-state index is 2.88. The first-order valence-electron chi connectivity index (χ1n) is 6.15. The van der Waals surface area contributed by atoms with Crippen molar-refractivity contribution in [2.45, 2.75) is 52.4 Å². The zero-order valence-electron chi connectivity index (χ0n) is 10.1. The number of unbranched alkanes of at least 4 members (excludes halogenated alkanes) is 2. The van der Waals surface area contributed by atoms with Crippen LogP contribution < -0.4 is 5.30 Å². The van der Waals surface area contributed by atoms with Gasteiger partial charge in [-0.25, -0.2) is 0 Å². The van der Waals surface area contributed by atoms with Crippen molar-refractivity contribution in [2.24, 2.45) is 0 Å². The fraction of sp³-hybridized carbons (Fsp3) is 0.571. The lowest BCUT2D eigenvalue weighted by atomic mass is 10.0. The molecule has 0 aliphatic rings. The van der Waals surface area contributed by atoms with Gasteiger partial charge in [0.2, 0.25) is 0 Å². The molecular formula is C14H23P. The molecule has 1 unspecified atom stereocenters. The van der Waals surface area contributed by atoms with Gasteiger partial charge in [0.15, 0.2) is 0 Å². The number of rotatable bonds is 6. The molecule has 1 atom stereocenters. The summed E-state index contributed by atoms with van der Waals surface area (Å²) in [5.41, 5.74) is 2.99. The second kappa shape index (κ2) is 7.01. The molecule has 0 fully saturated rings. The van der Waals surface area contributed by atoms with E-state index in [9.17, 15) is 0 Å². The smallest absolute Gasteiger partial charge is 0.0268 e. The Labute approximate surface area is 96.7 Å². The first kappa shape index (κ1) is 12.7. The van der Waals surface area contributed by atoms with Crippen LogP contribution in [0.2, 0.25) is 0 Å². The van der Waals surface area contributed by atoms with Crippen molar-refractivity contribution in [3.63, 3.8) is 0 Å². The van der Waals surface area contributed by atoms with E-state index in [-0.39, 0.29) is 0 Å². The molecule has 0 radical (unpaired) electrons. The molecule has 15 heavy (non-hydrogen) atoms. The number of aryl methyl sites for hydroxylation is 2. The molecule has 1 heteroatoms. The zero-order valence-corrected chi connectivity index (χ0v) is 11.2. The molecule has 0 amide bonds. The van der Waals surface area contributed by atoms with E-state index in [1.54, 1.807) is 0 Å². The first-order chi connectivity index (χ1) is 7.27. The third-order valence-electron chi connectivity index (χ3n) is 2.83. The average Bonchev–Trinajstić information content (AvgIpc) is 2.25. The molecule has 0 aliphatic heterocycles. The van der Waals surface area contributed by atoms with Gasteiger partial charge in [-0.15, -0.1) is 9.24 Å². The minimum Gasteiger partial charge on any atom is -0.105 e. The zero-order chi connectivity index (χ0) is 11.1. The van der Waals surface area contributed by atoms with Crippen LogP contribution >= 0.6 is 9.24 Å². The van der Waals surface area contributed by atoms with Gasteiger partial charge in [0.25, 0.3) is 0 Å². The second-order valence-corrected chi connectivity index (χ2v) is 4.86. The molecule has 0 saturated heterocycles. The Morgan fingerprint density at radius 2 is 1.67 bits per heavy atom. The highest BCUT2D eigenvalue weighted by Crippen LogP contribution is 2.11. The predicted molar refractivity (Wildman–Crippen MR) is 73.0 cm³/mol. The third kappa shape index (κ3) is 4.34. The first-order valence-corrected chi connectivity index (χ1v) is 6.73. The quantitative estimate of drug-likeness (QED) is 0.641. The standard InChI is InChI=1S/C14H23P/c1-3-5-7-12-9-10-13(8-6-4-2)14(15)11-12/h9-11H,3-8,15H2,1-2H3. The normalized spacial score (nSPS) is 10.6. The van der Waals surface area contributed by atoms with Gasteiger partial charge in [-0.1, -0.05) is 44.9 Å². The molecule has 0 nitrogen and oxygen atoms in total. The highest BCUT2D eigenvalue weighted by Gasteiger charge is 1.99. The van der Waals surface area contributed by atoms with E-state index in [2.05, 4.69) is 41.3 Å². The van der Waals surface area contributed by atoms with Gasteiger partial charge < -0.3 is 0 Å². The molecule has 0 aliphatic carbocycles. The lowest BCUT2D eigenvalue weighted by Gasteiger charge is -2.07. The average molecular weight is 222 g/mol. The molecule has 1 aromatic carbocycles. The summed E-state index contributed by atoms with van der Waals surface area (Å²) in [6.45, 7) is 4.50. The summed E-state index contributed by atoms with van der Waals surface area (Å²) >= 11 is 0. The maximum absolute atomic E-state index is 2.88. The molecule has 1 rings (SSSR count). The monoisotopic (exact) mass is 222 g/mol. The van der Waals surface area contributed by atoms with Crippen molar-refractivity contribution in [2.75, 3.05) is 0 Å². The van der Waals surface area contributed by atoms with E-state index < -0.39 is 0 Å². The largest absolute Gasteiger partial charge is 0.105 e. The van der Waals surface area contributed by atoms with Gasteiger partial charge in [-0.3, -0.25) is 0 Å². The van der Waals surface area contributed by atoms with Crippen LogP contribution in [0.25, 0.3) is 0 Å². The number of hydrogen-bond donors (Lipinski definition) is 0. The summed E-state index contributed by atoms with van der Waals surface area (Å²) in [7, 11) is 2.88. The van der Waals surface area contributed by atoms with Crippen LogP contribution in [-0.2, 0) is 12.8 Å². The van der Waals surface area contributed by atoms with Gasteiger partial charge >= 0.3 is 0 Å². The Balaban J connectivity index is 2.61. The van der Waals surface area contributed by atoms with Gasteiger partial charge in [-0.2, -0.15) is 0 Å². The van der Waals surface area contributed by atoms with E-state index in [4.69, 9.17) is 0 Å². The summed E-state index contributed by atoms with van der Waals surface area (Å²) in [5, 5.41) is 1.40. The Kier molecular flexibility index (Phi) is 5.95. The van der Waals surface area contributed by atoms with Gasteiger partial charge in [0, 0.05) is 0 Å². The maximum Gasteiger partial charge on any atom is -0.0268 e. The molecule has 0 heterocycles. The van der Waals surface area contributed by atoms with Crippen LogP contribution in [0.15, 0.2) is 18.2 Å². The molecule has 0 spiro atoms. The van der Waals surface area contributed by atoms with Crippen LogP contribution in [0, 0.1) is 0 Å². The van der Waals surface area contributed by atoms with Crippen LogP contribution in [0.4, 0.5) is 0 Å². The van der Waals surface area contributed by atoms with Crippen molar-refractivity contribution in [3.8, 4) is 0 Å². The Bertz CT molecular complexity index is 291. The van der Waals surface area contributed by atoms with Crippen molar-refractivity contribution in [3.05, 3.63) is 29.3 Å². The van der Waals surface area contributed by atoms with Gasteiger partial charge in [-0.05, 0) is 42.1 Å². The van der Waals surface area contributed by atoms with E-state index in [0.717, 1.165) is 0 Å².